The fourth-order valence-corrected chi connectivity index (χ4v) is 7.93. The summed E-state index contributed by atoms with van der Waals surface area (Å²) in [5.41, 5.74) is 0. The van der Waals surface area contributed by atoms with Gasteiger partial charge in [0.25, 0.3) is 0 Å². The van der Waals surface area contributed by atoms with E-state index in [-0.39, 0.29) is 12.4 Å². The maximum absolute atomic E-state index is 5.03. The Morgan fingerprint density at radius 1 is 0.696 bits per heavy atom. The lowest BCUT2D eigenvalue weighted by molar-refractivity contribution is -0.00000578. The Bertz CT molecular complexity index is 182. The fourth-order valence-electron chi connectivity index (χ4n) is 2.64. The zero-order chi connectivity index (χ0) is 17.3. The van der Waals surface area contributed by atoms with E-state index in [2.05, 4.69) is 40.8 Å². The van der Waals surface area contributed by atoms with Crippen molar-refractivity contribution in [3.05, 3.63) is 0 Å². The van der Waals surface area contributed by atoms with Crippen LogP contribution in [0.2, 0.25) is 13.1 Å². The molecule has 0 saturated carbocycles. The minimum atomic E-state index is -0.588. The van der Waals surface area contributed by atoms with E-state index >= 15 is 0 Å². The van der Waals surface area contributed by atoms with Crippen LogP contribution in [0.1, 0.15) is 79.1 Å². The molecule has 0 atom stereocenters. The second-order valence-electron chi connectivity index (χ2n) is 6.93. The lowest BCUT2D eigenvalue weighted by atomic mass is 10.4. The van der Waals surface area contributed by atoms with Crippen LogP contribution < -0.4 is 12.4 Å². The molecule has 0 fully saturated rings. The molecule has 0 aliphatic heterocycles. The van der Waals surface area contributed by atoms with Crippen molar-refractivity contribution >= 4 is 26.8 Å². The third-order valence-electron chi connectivity index (χ3n) is 4.42. The van der Waals surface area contributed by atoms with Gasteiger partial charge in [0.1, 0.15) is 10.5 Å². The maximum Gasteiger partial charge on any atom is 0.156 e. The number of hydrogen-bond donors (Lipinski definition) is 0. The van der Waals surface area contributed by atoms with Crippen molar-refractivity contribution in [2.45, 2.75) is 92.2 Å². The number of halogens is 1. The van der Waals surface area contributed by atoms with Crippen LogP contribution in [0.3, 0.4) is 0 Å². The van der Waals surface area contributed by atoms with E-state index in [0.717, 1.165) is 10.5 Å². The summed E-state index contributed by atoms with van der Waals surface area (Å²) >= 11 is 0. The van der Waals surface area contributed by atoms with Gasteiger partial charge in [0.15, 0.2) is 9.04 Å². The Morgan fingerprint density at radius 2 is 0.913 bits per heavy atom. The molecule has 5 heteroatoms. The molecule has 0 unspecified atom stereocenters. The molecule has 23 heavy (non-hydrogen) atoms. The molecule has 0 aromatic heterocycles. The van der Waals surface area contributed by atoms with Gasteiger partial charge in [0, 0.05) is 7.26 Å². The van der Waals surface area contributed by atoms with E-state index in [1.807, 2.05) is 0 Å². The highest BCUT2D eigenvalue weighted by molar-refractivity contribution is 7.75. The topological polar surface area (TPSA) is 9.23 Å². The van der Waals surface area contributed by atoms with Gasteiger partial charge in [-0.2, -0.15) is 0 Å². The summed E-state index contributed by atoms with van der Waals surface area (Å²) in [5.74, 6) is 0. The van der Waals surface area contributed by atoms with Gasteiger partial charge < -0.3 is 16.5 Å². The quantitative estimate of drug-likeness (QED) is 0.341. The smallest absolute Gasteiger partial charge is 0.156 e. The number of hydrogen-bond acceptors (Lipinski definition) is 1. The molecular weight excluding hydrogens is 355 g/mol. The number of unbranched alkanes of at least 4 members (excludes halogenated alkanes) is 4. The normalized spacial score (nSPS) is 11.1. The molecule has 0 bridgehead atoms. The minimum Gasteiger partial charge on any atom is -1.00 e. The van der Waals surface area contributed by atoms with Crippen molar-refractivity contribution in [2.75, 3.05) is 24.6 Å². The lowest BCUT2D eigenvalue weighted by Gasteiger charge is -2.28. The minimum absolute atomic E-state index is 0. The van der Waals surface area contributed by atoms with Crippen LogP contribution in [0.25, 0.3) is 0 Å². The molecule has 0 aromatic carbocycles. The molecule has 0 aliphatic carbocycles. The first-order valence-corrected chi connectivity index (χ1v) is 16.0. The molecule has 0 heterocycles. The molecule has 0 aromatic rings. The molecule has 0 radical (unpaired) electrons. The molecule has 0 spiro atoms. The van der Waals surface area contributed by atoms with Gasteiger partial charge in [-0.15, -0.1) is 0 Å². The van der Waals surface area contributed by atoms with Crippen molar-refractivity contribution < 1.29 is 16.5 Å². The molecule has 0 rings (SSSR count). The van der Waals surface area contributed by atoms with E-state index in [1.54, 1.807) is 24.6 Å². The molecule has 144 valence electrons. The van der Waals surface area contributed by atoms with E-state index in [4.69, 9.17) is 4.12 Å². The summed E-state index contributed by atoms with van der Waals surface area (Å²) in [4.78, 5) is 0. The molecule has 0 saturated heterocycles. The first-order chi connectivity index (χ1) is 10.5. The van der Waals surface area contributed by atoms with Gasteiger partial charge >= 0.3 is 0 Å². The number of rotatable bonds is 13. The average Bonchev–Trinajstić information content (AvgIpc) is 2.54. The van der Waals surface area contributed by atoms with Crippen molar-refractivity contribution in [3.63, 3.8) is 0 Å². The third-order valence-corrected chi connectivity index (χ3v) is 13.2. The first-order valence-electron chi connectivity index (χ1n) is 9.89. The predicted molar refractivity (Wildman–Crippen MR) is 116 cm³/mol. The van der Waals surface area contributed by atoms with E-state index in [0.29, 0.717) is 0 Å². The summed E-state index contributed by atoms with van der Waals surface area (Å²) in [6.07, 6.45) is 17.9. The van der Waals surface area contributed by atoms with E-state index in [9.17, 15) is 0 Å². The van der Waals surface area contributed by atoms with E-state index < -0.39 is 16.3 Å². The highest BCUT2D eigenvalue weighted by atomic mass is 35.5. The van der Waals surface area contributed by atoms with Gasteiger partial charge in [0.05, 0.1) is 24.6 Å². The summed E-state index contributed by atoms with van der Waals surface area (Å²) < 4.78 is 5.03. The zero-order valence-electron chi connectivity index (χ0n) is 17.3. The molecule has 0 amide bonds. The van der Waals surface area contributed by atoms with Crippen LogP contribution >= 0.6 is 7.26 Å². The van der Waals surface area contributed by atoms with Gasteiger partial charge in [-0.1, -0.05) is 53.4 Å². The summed E-state index contributed by atoms with van der Waals surface area (Å²) in [6.45, 7) is 13.8. The molecule has 0 aliphatic rings. The SMILES string of the molecule is CCCC[P+](CCCC)(CCCC)CCCC.C[SiH](C)O[SiH3].[Cl-]. The highest BCUT2D eigenvalue weighted by Gasteiger charge is 2.34. The second-order valence-corrected chi connectivity index (χ2v) is 15.4. The Labute approximate surface area is 160 Å². The Morgan fingerprint density at radius 3 is 1.04 bits per heavy atom. The van der Waals surface area contributed by atoms with Crippen molar-refractivity contribution in [1.82, 2.24) is 0 Å². The van der Waals surface area contributed by atoms with E-state index in [1.165, 1.54) is 51.4 Å². The van der Waals surface area contributed by atoms with Gasteiger partial charge in [-0.05, 0) is 38.8 Å². The van der Waals surface area contributed by atoms with Crippen molar-refractivity contribution in [1.29, 1.82) is 0 Å². The molecular formula is C18H46ClOPSi2. The standard InChI is InChI=1S/C16H36P.C2H10OSi2.ClH/c1-5-9-13-17(14-10-6-2,15-11-7-3)16-12-8-4;1-5(2)3-4;/h5-16H2,1-4H3;5H,1-2,4H3;1H/q+1;;/p-1. The van der Waals surface area contributed by atoms with Gasteiger partial charge in [-0.3, -0.25) is 0 Å². The zero-order valence-corrected chi connectivity index (χ0v) is 22.1. The highest BCUT2D eigenvalue weighted by Crippen LogP contribution is 2.61. The largest absolute Gasteiger partial charge is 1.00 e. The van der Waals surface area contributed by atoms with Crippen LogP contribution in [0.15, 0.2) is 0 Å². The second kappa shape index (κ2) is 21.2. The van der Waals surface area contributed by atoms with Crippen LogP contribution in [-0.4, -0.2) is 44.2 Å². The lowest BCUT2D eigenvalue weighted by Crippen LogP contribution is -3.00. The summed E-state index contributed by atoms with van der Waals surface area (Å²) in [5, 5.41) is 0. The predicted octanol–water partition coefficient (Wildman–Crippen LogP) is 2.48. The first kappa shape index (κ1) is 28.9. The van der Waals surface area contributed by atoms with Crippen LogP contribution in [0.5, 0.6) is 0 Å². The summed E-state index contributed by atoms with van der Waals surface area (Å²) in [6, 6.07) is 0. The average molecular weight is 401 g/mol. The Hall–Kier alpha value is 1.11. The van der Waals surface area contributed by atoms with Crippen LogP contribution in [0, 0.1) is 0 Å². The van der Waals surface area contributed by atoms with Gasteiger partial charge in [-0.25, -0.2) is 0 Å². The third kappa shape index (κ3) is 19.3. The van der Waals surface area contributed by atoms with Crippen LogP contribution in [0.4, 0.5) is 0 Å². The Balaban J connectivity index is -0.000000578. The maximum atomic E-state index is 5.03. The van der Waals surface area contributed by atoms with Crippen molar-refractivity contribution in [3.8, 4) is 0 Å². The fraction of sp³-hybridized carbons (Fsp3) is 1.00. The monoisotopic (exact) mass is 400 g/mol. The summed E-state index contributed by atoms with van der Waals surface area (Å²) in [7, 11) is -0.215. The molecule has 1 nitrogen and oxygen atoms in total. The Kier molecular flexibility index (Phi) is 26.6. The molecule has 0 N–H and O–H groups in total. The van der Waals surface area contributed by atoms with Crippen LogP contribution in [-0.2, 0) is 4.12 Å². The van der Waals surface area contributed by atoms with Crippen molar-refractivity contribution in [2.24, 2.45) is 0 Å². The van der Waals surface area contributed by atoms with Gasteiger partial charge in [0.2, 0.25) is 0 Å².